The fourth-order valence-electron chi connectivity index (χ4n) is 4.96. The van der Waals surface area contributed by atoms with Gasteiger partial charge in [-0.05, 0) is 52.4 Å². The van der Waals surface area contributed by atoms with Crippen LogP contribution < -0.4 is 10.1 Å². The number of hydrogen-bond donors (Lipinski definition) is 1. The van der Waals surface area contributed by atoms with E-state index in [4.69, 9.17) is 4.74 Å². The summed E-state index contributed by atoms with van der Waals surface area (Å²) < 4.78 is 19.2. The average Bonchev–Trinajstić information content (AvgIpc) is 3.52. The molecule has 1 saturated heterocycles. The van der Waals surface area contributed by atoms with Crippen LogP contribution in [0.5, 0.6) is 5.75 Å². The number of benzene rings is 2. The van der Waals surface area contributed by atoms with Crippen LogP contribution in [0.4, 0.5) is 15.8 Å². The van der Waals surface area contributed by atoms with Crippen LogP contribution in [-0.4, -0.2) is 40.5 Å². The lowest BCUT2D eigenvalue weighted by molar-refractivity contribution is -0.385. The van der Waals surface area contributed by atoms with Gasteiger partial charge in [0.1, 0.15) is 5.82 Å². The summed E-state index contributed by atoms with van der Waals surface area (Å²) in [7, 11) is 0. The molecule has 1 N–H and O–H groups in total. The molecule has 2 fully saturated rings. The summed E-state index contributed by atoms with van der Waals surface area (Å²) >= 11 is 3.20. The SMILES string of the molecule is O=C(COc1c(Br)cc(C=NN2C(=O)[C@@H]3[C@H](C2=O)[C@H]2C=C[C@H]3C2)cc1[N+](=O)[O-])Nc1ccccc1F. The molecule has 0 aromatic heterocycles. The van der Waals surface area contributed by atoms with Gasteiger partial charge in [-0.2, -0.15) is 10.1 Å². The van der Waals surface area contributed by atoms with Gasteiger partial charge >= 0.3 is 5.69 Å². The number of nitrogens with one attached hydrogen (secondary N) is 1. The number of rotatable bonds is 7. The minimum atomic E-state index is -0.716. The Hall–Kier alpha value is -3.93. The molecule has 1 aliphatic heterocycles. The van der Waals surface area contributed by atoms with E-state index in [2.05, 4.69) is 26.3 Å². The molecule has 5 rings (SSSR count). The molecule has 2 aromatic rings. The zero-order chi connectivity index (χ0) is 25.6. The number of allylic oxidation sites excluding steroid dienone is 2. The van der Waals surface area contributed by atoms with Crippen molar-refractivity contribution in [3.8, 4) is 5.75 Å². The average molecular weight is 557 g/mol. The number of carbonyl (C=O) groups excluding carboxylic acids is 3. The van der Waals surface area contributed by atoms with E-state index in [0.29, 0.717) is 0 Å². The van der Waals surface area contributed by atoms with Gasteiger partial charge in [-0.15, -0.1) is 0 Å². The van der Waals surface area contributed by atoms with Crippen LogP contribution in [0.15, 0.2) is 58.1 Å². The van der Waals surface area contributed by atoms with Gasteiger partial charge in [0, 0.05) is 11.6 Å². The third-order valence-electron chi connectivity index (χ3n) is 6.51. The summed E-state index contributed by atoms with van der Waals surface area (Å²) in [6.07, 6.45) is 5.93. The number of nitro benzene ring substituents is 1. The lowest BCUT2D eigenvalue weighted by Gasteiger charge is -2.13. The van der Waals surface area contributed by atoms with E-state index in [1.54, 1.807) is 0 Å². The molecule has 36 heavy (non-hydrogen) atoms. The van der Waals surface area contributed by atoms with E-state index < -0.39 is 40.8 Å². The van der Waals surface area contributed by atoms with Crippen molar-refractivity contribution in [2.45, 2.75) is 6.42 Å². The van der Waals surface area contributed by atoms with Gasteiger partial charge in [-0.1, -0.05) is 24.3 Å². The molecule has 4 atom stereocenters. The number of halogens is 2. The third kappa shape index (κ3) is 4.17. The van der Waals surface area contributed by atoms with Gasteiger partial charge < -0.3 is 10.1 Å². The van der Waals surface area contributed by atoms with Gasteiger partial charge in [0.05, 0.1) is 33.1 Å². The number of nitrogens with zero attached hydrogens (tertiary/aromatic N) is 3. The highest BCUT2D eigenvalue weighted by molar-refractivity contribution is 9.10. The largest absolute Gasteiger partial charge is 0.476 e. The van der Waals surface area contributed by atoms with Crippen molar-refractivity contribution in [3.63, 3.8) is 0 Å². The highest BCUT2D eigenvalue weighted by atomic mass is 79.9. The van der Waals surface area contributed by atoms with E-state index in [9.17, 15) is 28.9 Å². The maximum absolute atomic E-state index is 13.7. The third-order valence-corrected chi connectivity index (χ3v) is 7.10. The fraction of sp³-hybridized carbons (Fsp3) is 0.250. The number of para-hydroxylation sites is 1. The maximum Gasteiger partial charge on any atom is 0.312 e. The first-order chi connectivity index (χ1) is 17.2. The summed E-state index contributed by atoms with van der Waals surface area (Å²) in [6, 6.07) is 8.14. The van der Waals surface area contributed by atoms with Crippen LogP contribution in [0.3, 0.4) is 0 Å². The number of carbonyl (C=O) groups is 3. The Morgan fingerprint density at radius 1 is 1.22 bits per heavy atom. The van der Waals surface area contributed by atoms with E-state index in [-0.39, 0.29) is 45.1 Å². The number of amides is 3. The van der Waals surface area contributed by atoms with Gasteiger partial charge in [-0.3, -0.25) is 24.5 Å². The highest BCUT2D eigenvalue weighted by Gasteiger charge is 2.59. The van der Waals surface area contributed by atoms with Gasteiger partial charge in [-0.25, -0.2) is 4.39 Å². The standard InChI is InChI=1S/C24H18BrFN4O6/c25-15-7-12(10-27-29-23(32)20-13-5-6-14(9-13)21(20)24(29)33)8-18(30(34)35)22(15)36-11-19(31)28-17-4-2-1-3-16(17)26/h1-8,10,13-14,20-21H,9,11H2,(H,28,31)/t13-,14-,20-,21+/m0/s1. The molecule has 2 aromatic carbocycles. The second kappa shape index (κ2) is 9.26. The number of hydrazone groups is 1. The molecule has 10 nitrogen and oxygen atoms in total. The van der Waals surface area contributed by atoms with E-state index in [0.717, 1.165) is 17.5 Å². The quantitative estimate of drug-likeness (QED) is 0.182. The summed E-state index contributed by atoms with van der Waals surface area (Å²) in [5.74, 6) is -3.03. The van der Waals surface area contributed by atoms with E-state index in [1.807, 2.05) is 12.2 Å². The maximum atomic E-state index is 13.7. The Bertz CT molecular complexity index is 1330. The predicted molar refractivity (Wildman–Crippen MR) is 128 cm³/mol. The molecule has 1 heterocycles. The van der Waals surface area contributed by atoms with Crippen LogP contribution in [0.2, 0.25) is 0 Å². The van der Waals surface area contributed by atoms with E-state index in [1.165, 1.54) is 36.5 Å². The molecule has 0 unspecified atom stereocenters. The van der Waals surface area contributed by atoms with E-state index >= 15 is 0 Å². The Balaban J connectivity index is 1.31. The van der Waals surface area contributed by atoms with Crippen molar-refractivity contribution >= 4 is 51.2 Å². The van der Waals surface area contributed by atoms with Gasteiger partial charge in [0.25, 0.3) is 17.7 Å². The van der Waals surface area contributed by atoms with Crippen LogP contribution in [0, 0.1) is 39.6 Å². The predicted octanol–water partition coefficient (Wildman–Crippen LogP) is 3.65. The second-order valence-corrected chi connectivity index (χ2v) is 9.51. The molecule has 1 saturated carbocycles. The molecule has 3 aliphatic rings. The minimum Gasteiger partial charge on any atom is -0.476 e. The molecule has 3 amide bonds. The molecule has 0 spiro atoms. The van der Waals surface area contributed by atoms with Crippen LogP contribution in [-0.2, 0) is 14.4 Å². The molecular formula is C24H18BrFN4O6. The van der Waals surface area contributed by atoms with Crippen molar-refractivity contribution in [1.82, 2.24) is 5.01 Å². The normalized spacial score (nSPS) is 24.0. The molecule has 0 radical (unpaired) electrons. The molecule has 2 aliphatic carbocycles. The number of ether oxygens (including phenoxy) is 1. The summed E-state index contributed by atoms with van der Waals surface area (Å²) in [5, 5.41) is 18.9. The topological polar surface area (TPSA) is 131 Å². The van der Waals surface area contributed by atoms with Crippen LogP contribution in [0.1, 0.15) is 12.0 Å². The number of anilines is 1. The van der Waals surface area contributed by atoms with Crippen molar-refractivity contribution in [2.75, 3.05) is 11.9 Å². The van der Waals surface area contributed by atoms with Crippen molar-refractivity contribution in [1.29, 1.82) is 0 Å². The molecule has 2 bridgehead atoms. The van der Waals surface area contributed by atoms with Crippen LogP contribution in [0.25, 0.3) is 0 Å². The molecule has 184 valence electrons. The zero-order valence-corrected chi connectivity index (χ0v) is 20.1. The van der Waals surface area contributed by atoms with Gasteiger partial charge in [0.15, 0.2) is 6.61 Å². The van der Waals surface area contributed by atoms with Gasteiger partial charge in [0.2, 0.25) is 5.75 Å². The summed E-state index contributed by atoms with van der Waals surface area (Å²) in [6.45, 7) is -0.614. The lowest BCUT2D eigenvalue weighted by Crippen LogP contribution is -2.28. The Labute approximate surface area is 212 Å². The Morgan fingerprint density at radius 2 is 1.89 bits per heavy atom. The number of hydrogen-bond acceptors (Lipinski definition) is 7. The highest BCUT2D eigenvalue weighted by Crippen LogP contribution is 2.52. The Morgan fingerprint density at radius 3 is 2.53 bits per heavy atom. The minimum absolute atomic E-state index is 0.0406. The lowest BCUT2D eigenvalue weighted by atomic mass is 9.85. The monoisotopic (exact) mass is 556 g/mol. The number of imide groups is 1. The molecule has 12 heteroatoms. The first-order valence-corrected chi connectivity index (χ1v) is 11.8. The molecular weight excluding hydrogens is 539 g/mol. The first-order valence-electron chi connectivity index (χ1n) is 11.0. The number of nitro groups is 1. The number of fused-ring (bicyclic) bond motifs is 5. The van der Waals surface area contributed by atoms with Crippen molar-refractivity contribution in [3.05, 3.63) is 74.5 Å². The second-order valence-electron chi connectivity index (χ2n) is 8.66. The zero-order valence-electron chi connectivity index (χ0n) is 18.5. The van der Waals surface area contributed by atoms with Crippen molar-refractivity contribution in [2.24, 2.45) is 28.8 Å². The van der Waals surface area contributed by atoms with Crippen LogP contribution >= 0.6 is 15.9 Å². The summed E-state index contributed by atoms with van der Waals surface area (Å²) in [5.41, 5.74) is -0.289. The Kier molecular flexibility index (Phi) is 6.12. The van der Waals surface area contributed by atoms with Crippen molar-refractivity contribution < 1.29 is 28.4 Å². The smallest absolute Gasteiger partial charge is 0.312 e. The fourth-order valence-corrected chi connectivity index (χ4v) is 5.55. The first kappa shape index (κ1) is 23.8. The summed E-state index contributed by atoms with van der Waals surface area (Å²) in [4.78, 5) is 48.7.